The van der Waals surface area contributed by atoms with Crippen LogP contribution in [0.2, 0.25) is 0 Å². The van der Waals surface area contributed by atoms with Crippen LogP contribution in [-0.4, -0.2) is 59.4 Å². The van der Waals surface area contributed by atoms with Gasteiger partial charge in [-0.15, -0.1) is 0 Å². The largest absolute Gasteiger partial charge is 0.495 e. The molecule has 1 aromatic heterocycles. The number of anilines is 1. The van der Waals surface area contributed by atoms with Gasteiger partial charge in [0.1, 0.15) is 28.3 Å². The van der Waals surface area contributed by atoms with Gasteiger partial charge in [-0.1, -0.05) is 12.5 Å². The lowest BCUT2D eigenvalue weighted by Gasteiger charge is -2.32. The van der Waals surface area contributed by atoms with Crippen molar-refractivity contribution in [1.29, 1.82) is 5.41 Å². The molecule has 204 valence electrons. The number of carbonyl (C=O) groups is 1. The average molecular weight is 555 g/mol. The molecule has 1 saturated heterocycles. The molecule has 3 heterocycles. The summed E-state index contributed by atoms with van der Waals surface area (Å²) in [6.45, 7) is 4.71. The number of allylic oxidation sites excluding steroid dienone is 1. The highest BCUT2D eigenvalue weighted by atomic mass is 32.2. The second kappa shape index (κ2) is 10.8. The summed E-state index contributed by atoms with van der Waals surface area (Å²) in [7, 11) is 1.43. The Morgan fingerprint density at radius 2 is 2.23 bits per heavy atom. The third kappa shape index (κ3) is 5.84. The third-order valence-corrected chi connectivity index (χ3v) is 7.33. The van der Waals surface area contributed by atoms with Crippen LogP contribution in [0.4, 0.5) is 14.6 Å². The Morgan fingerprint density at radius 1 is 1.46 bits per heavy atom. The molecule has 2 aliphatic heterocycles. The van der Waals surface area contributed by atoms with Crippen molar-refractivity contribution in [3.8, 4) is 11.8 Å². The molecule has 4 N–H and O–H groups in total. The summed E-state index contributed by atoms with van der Waals surface area (Å²) < 4.78 is 38.5. The number of aliphatic imine (C=N–C) groups is 1. The van der Waals surface area contributed by atoms with Gasteiger partial charge in [0.05, 0.1) is 26.0 Å². The number of nitrogens with one attached hydrogen (secondary N) is 2. The Morgan fingerprint density at radius 3 is 2.90 bits per heavy atom. The minimum Gasteiger partial charge on any atom is -0.495 e. The number of pyridine rings is 1. The fourth-order valence-corrected chi connectivity index (χ4v) is 4.79. The minimum absolute atomic E-state index is 0.0522. The molecule has 1 unspecified atom stereocenters. The zero-order chi connectivity index (χ0) is 27.7. The molecular weight excluding hydrogens is 526 g/mol. The Hall–Kier alpha value is -3.69. The molecule has 1 aromatic rings. The number of alkyl halides is 2. The van der Waals surface area contributed by atoms with Crippen molar-refractivity contribution < 1.29 is 23.0 Å². The fraction of sp³-hybridized carbons (Fsp3) is 0.407. The molecule has 3 fully saturated rings. The summed E-state index contributed by atoms with van der Waals surface area (Å²) in [6, 6.07) is 0.389. The maximum absolute atomic E-state index is 13.7. The number of methoxy groups -OCH3 is 1. The molecule has 5 rings (SSSR count). The van der Waals surface area contributed by atoms with Crippen LogP contribution in [0.5, 0.6) is 0 Å². The van der Waals surface area contributed by atoms with Crippen molar-refractivity contribution in [3.63, 3.8) is 0 Å². The van der Waals surface area contributed by atoms with Crippen molar-refractivity contribution >= 4 is 45.0 Å². The number of hydrogen-bond acceptors (Lipinski definition) is 8. The van der Waals surface area contributed by atoms with E-state index in [2.05, 4.69) is 33.7 Å². The first-order valence-corrected chi connectivity index (χ1v) is 13.3. The Bertz CT molecular complexity index is 1370. The van der Waals surface area contributed by atoms with E-state index >= 15 is 0 Å². The molecule has 2 aliphatic carbocycles. The molecule has 1 spiro atoms. The van der Waals surface area contributed by atoms with Crippen LogP contribution in [0, 0.1) is 23.2 Å². The van der Waals surface area contributed by atoms with Crippen LogP contribution in [0.3, 0.4) is 0 Å². The van der Waals surface area contributed by atoms with Gasteiger partial charge in [0.2, 0.25) is 0 Å². The molecule has 0 radical (unpaired) electrons. The summed E-state index contributed by atoms with van der Waals surface area (Å²) in [5.74, 6) is 6.62. The zero-order valence-corrected chi connectivity index (χ0v) is 22.1. The van der Waals surface area contributed by atoms with Crippen molar-refractivity contribution in [3.05, 3.63) is 48.0 Å². The topological polar surface area (TPSA) is 126 Å². The van der Waals surface area contributed by atoms with Gasteiger partial charge in [-0.05, 0) is 61.1 Å². The van der Waals surface area contributed by atoms with Crippen molar-refractivity contribution in [2.75, 3.05) is 25.2 Å². The van der Waals surface area contributed by atoms with E-state index < -0.39 is 18.1 Å². The summed E-state index contributed by atoms with van der Waals surface area (Å²) in [4.78, 5) is 23.5. The van der Waals surface area contributed by atoms with E-state index in [1.807, 2.05) is 0 Å². The maximum atomic E-state index is 13.7. The molecule has 1 atom stereocenters. The van der Waals surface area contributed by atoms with Gasteiger partial charge in [-0.25, -0.2) is 18.8 Å². The summed E-state index contributed by atoms with van der Waals surface area (Å²) >= 11 is 0.906. The lowest BCUT2D eigenvalue weighted by Crippen LogP contribution is -2.49. The van der Waals surface area contributed by atoms with Gasteiger partial charge in [-0.3, -0.25) is 15.1 Å². The van der Waals surface area contributed by atoms with E-state index in [1.54, 1.807) is 11.0 Å². The minimum atomic E-state index is -2.68. The first kappa shape index (κ1) is 26.9. The number of rotatable bonds is 6. The van der Waals surface area contributed by atoms with E-state index in [0.29, 0.717) is 60.2 Å². The molecule has 0 aromatic carbocycles. The first-order chi connectivity index (χ1) is 18.7. The molecule has 4 aliphatic rings. The van der Waals surface area contributed by atoms with Gasteiger partial charge < -0.3 is 20.5 Å². The van der Waals surface area contributed by atoms with Crippen LogP contribution < -0.4 is 16.0 Å². The zero-order valence-electron chi connectivity index (χ0n) is 21.3. The van der Waals surface area contributed by atoms with Crippen LogP contribution >= 0.6 is 11.8 Å². The maximum Gasteiger partial charge on any atom is 0.261 e. The van der Waals surface area contributed by atoms with Gasteiger partial charge in [0, 0.05) is 29.5 Å². The number of thioether (sulfide) groups is 1. The Kier molecular flexibility index (Phi) is 7.46. The number of morpholine rings is 1. The number of dihydropyridines is 1. The van der Waals surface area contributed by atoms with E-state index in [-0.39, 0.29) is 21.8 Å². The fourth-order valence-electron chi connectivity index (χ4n) is 4.31. The molecule has 9 nitrogen and oxygen atoms in total. The van der Waals surface area contributed by atoms with Crippen LogP contribution in [0.25, 0.3) is 11.3 Å². The molecule has 1 amide bonds. The quantitative estimate of drug-likeness (QED) is 0.279. The monoisotopic (exact) mass is 554 g/mol. The third-order valence-electron chi connectivity index (χ3n) is 6.73. The number of ether oxygens (including phenoxy) is 2. The van der Waals surface area contributed by atoms with E-state index in [0.717, 1.165) is 24.6 Å². The highest BCUT2D eigenvalue weighted by Gasteiger charge is 2.55. The lowest BCUT2D eigenvalue weighted by atomic mass is 9.94. The van der Waals surface area contributed by atoms with Crippen LogP contribution in [-0.2, 0) is 14.3 Å². The van der Waals surface area contributed by atoms with E-state index in [9.17, 15) is 13.6 Å². The van der Waals surface area contributed by atoms with Gasteiger partial charge >= 0.3 is 0 Å². The van der Waals surface area contributed by atoms with Crippen LogP contribution in [0.15, 0.2) is 41.9 Å². The van der Waals surface area contributed by atoms with Crippen LogP contribution in [0.1, 0.15) is 36.8 Å². The number of hydrogen-bond donors (Lipinski definition) is 3. The summed E-state index contributed by atoms with van der Waals surface area (Å²) in [5, 5.41) is 10.8. The number of aromatic nitrogens is 1. The van der Waals surface area contributed by atoms with Crippen molar-refractivity contribution in [1.82, 2.24) is 10.3 Å². The second-order valence-electron chi connectivity index (χ2n) is 9.58. The predicted octanol–water partition coefficient (Wildman–Crippen LogP) is 3.49. The number of nitrogens with zero attached hydrogens (tertiary/aromatic N) is 3. The molecular formula is C27H28F2N6O3S. The number of nitrogens with two attached hydrogens (primary N) is 1. The smallest absolute Gasteiger partial charge is 0.261 e. The average Bonchev–Trinajstić information content (AvgIpc) is 3.85. The number of amidine groups is 1. The normalized spacial score (nSPS) is 21.9. The van der Waals surface area contributed by atoms with Crippen molar-refractivity contribution in [2.45, 2.75) is 43.8 Å². The van der Waals surface area contributed by atoms with E-state index in [4.69, 9.17) is 20.6 Å². The number of amides is 1. The Labute approximate surface area is 229 Å². The lowest BCUT2D eigenvalue weighted by molar-refractivity contribution is -0.137. The Balaban J connectivity index is 1.51. The SMILES string of the molecule is C=C(N=C(N)SC(=N)C#CC1CC1)c1cnc(N2CCOC3(CC3)C2=O)cc1C1=CC(C(F)F)NC=C1OC. The highest BCUT2D eigenvalue weighted by Crippen LogP contribution is 2.44. The summed E-state index contributed by atoms with van der Waals surface area (Å²) in [6.07, 6.45) is 4.96. The molecule has 12 heteroatoms. The molecule has 2 saturated carbocycles. The van der Waals surface area contributed by atoms with Gasteiger partial charge in [0.15, 0.2) is 5.17 Å². The van der Waals surface area contributed by atoms with Gasteiger partial charge in [0.25, 0.3) is 12.3 Å². The predicted molar refractivity (Wildman–Crippen MR) is 147 cm³/mol. The second-order valence-corrected chi connectivity index (χ2v) is 10.6. The number of halogens is 2. The number of carbonyl (C=O) groups excluding carboxylic acids is 1. The van der Waals surface area contributed by atoms with E-state index in [1.165, 1.54) is 25.6 Å². The molecule has 39 heavy (non-hydrogen) atoms. The first-order valence-electron chi connectivity index (χ1n) is 12.5. The van der Waals surface area contributed by atoms with Gasteiger partial charge in [-0.2, -0.15) is 0 Å². The van der Waals surface area contributed by atoms with Crippen molar-refractivity contribution in [2.24, 2.45) is 16.6 Å². The standard InChI is InChI=1S/C27H28F2N6O3S/c1-15(34-26(31)39-22(30)6-5-16-3-4-16)19-13-33-23(35-9-10-38-27(7-8-27)25(35)36)12-17(19)18-11-20(24(28)29)32-14-21(18)37-2/h11-14,16,20,24,30,32H,1,3-4,7-10H2,2H3,(H2,31,34). The highest BCUT2D eigenvalue weighted by molar-refractivity contribution is 8.26. The summed E-state index contributed by atoms with van der Waals surface area (Å²) in [5.41, 5.74) is 6.70. The molecule has 0 bridgehead atoms.